The van der Waals surface area contributed by atoms with E-state index >= 15 is 0 Å². The van der Waals surface area contributed by atoms with Crippen molar-refractivity contribution in [3.8, 4) is 11.5 Å². The highest BCUT2D eigenvalue weighted by Gasteiger charge is 2.15. The molecule has 0 unspecified atom stereocenters. The van der Waals surface area contributed by atoms with E-state index in [4.69, 9.17) is 9.47 Å². The van der Waals surface area contributed by atoms with Gasteiger partial charge in [0.2, 0.25) is 0 Å². The van der Waals surface area contributed by atoms with Crippen LogP contribution in [-0.4, -0.2) is 36.7 Å². The van der Waals surface area contributed by atoms with Crippen LogP contribution in [0.4, 0.5) is 5.69 Å². The maximum Gasteiger partial charge on any atom is 0.302 e. The van der Waals surface area contributed by atoms with Gasteiger partial charge < -0.3 is 9.47 Å². The van der Waals surface area contributed by atoms with Crippen LogP contribution in [0.2, 0.25) is 0 Å². The van der Waals surface area contributed by atoms with Gasteiger partial charge in [-0.1, -0.05) is 0 Å². The molecule has 2 rings (SSSR count). The van der Waals surface area contributed by atoms with Crippen molar-refractivity contribution in [3.63, 3.8) is 0 Å². The van der Waals surface area contributed by atoms with Gasteiger partial charge >= 0.3 is 6.04 Å². The molecule has 1 aromatic carbocycles. The lowest BCUT2D eigenvalue weighted by Crippen LogP contribution is -2.22. The number of hydrogen-bond acceptors (Lipinski definition) is 6. The van der Waals surface area contributed by atoms with Crippen molar-refractivity contribution in [2.75, 3.05) is 13.2 Å². The number of hydrogen-bond donors (Lipinski definition) is 0. The Labute approximate surface area is 102 Å². The summed E-state index contributed by atoms with van der Waals surface area (Å²) in [6, 6.07) is 3.47. The average Bonchev–Trinajstić information content (AvgIpc) is 2.39. The maximum absolute atomic E-state index is 10.4. The fourth-order valence-corrected chi connectivity index (χ4v) is 1.41. The molecule has 18 heavy (non-hydrogen) atoms. The van der Waals surface area contributed by atoms with Gasteiger partial charge in [0.1, 0.15) is 13.2 Å². The van der Waals surface area contributed by atoms with Crippen LogP contribution in [0.25, 0.3) is 0 Å². The molecule has 0 saturated heterocycles. The minimum Gasteiger partial charge on any atom is -0.486 e. The number of ether oxygens (including phenoxy) is 2. The first-order chi connectivity index (χ1) is 8.70. The fraction of sp³-hybridized carbons (Fsp3) is 0.273. The summed E-state index contributed by atoms with van der Waals surface area (Å²) in [5, 5.41) is 10.4. The summed E-state index contributed by atoms with van der Waals surface area (Å²) < 4.78 is 10.7. The number of carbonyl (C=O) groups is 1. The standard InChI is InChI=1S/C11H10N2O5/c14-7-9(13(15)16)6-12-8-1-2-10-11(5-8)18-4-3-17-10/h1-2,5-7,9H,3-4H2/t9-/m1/s1. The van der Waals surface area contributed by atoms with Crippen molar-refractivity contribution in [1.82, 2.24) is 0 Å². The van der Waals surface area contributed by atoms with Gasteiger partial charge in [-0.2, -0.15) is 0 Å². The molecule has 0 saturated carbocycles. The summed E-state index contributed by atoms with van der Waals surface area (Å²) in [5.41, 5.74) is 0.466. The highest BCUT2D eigenvalue weighted by molar-refractivity contribution is 5.85. The molecule has 0 aromatic heterocycles. The summed E-state index contributed by atoms with van der Waals surface area (Å²) in [6.07, 6.45) is 1.21. The van der Waals surface area contributed by atoms with Crippen molar-refractivity contribution >= 4 is 18.2 Å². The molecule has 7 nitrogen and oxygen atoms in total. The molecular weight excluding hydrogens is 240 g/mol. The Hall–Kier alpha value is -2.44. The summed E-state index contributed by atoms with van der Waals surface area (Å²) in [4.78, 5) is 24.0. The zero-order valence-corrected chi connectivity index (χ0v) is 9.31. The van der Waals surface area contributed by atoms with Crippen molar-refractivity contribution in [2.45, 2.75) is 6.04 Å². The molecule has 1 atom stereocenters. The number of fused-ring (bicyclic) bond motifs is 1. The van der Waals surface area contributed by atoms with Crippen LogP contribution >= 0.6 is 0 Å². The third-order valence-electron chi connectivity index (χ3n) is 2.28. The molecule has 0 spiro atoms. The Morgan fingerprint density at radius 3 is 2.72 bits per heavy atom. The molecule has 0 amide bonds. The van der Waals surface area contributed by atoms with Crippen LogP contribution in [0.1, 0.15) is 0 Å². The van der Waals surface area contributed by atoms with Crippen LogP contribution in [-0.2, 0) is 4.79 Å². The predicted molar refractivity (Wildman–Crippen MR) is 62.4 cm³/mol. The second-order valence-corrected chi connectivity index (χ2v) is 3.52. The predicted octanol–water partition coefficient (Wildman–Crippen LogP) is 1.00. The zero-order valence-electron chi connectivity index (χ0n) is 9.31. The Morgan fingerprint density at radius 1 is 1.33 bits per heavy atom. The normalized spacial score (nSPS) is 15.3. The van der Waals surface area contributed by atoms with E-state index in [1.54, 1.807) is 18.2 Å². The largest absolute Gasteiger partial charge is 0.486 e. The Balaban J connectivity index is 2.16. The van der Waals surface area contributed by atoms with Crippen LogP contribution < -0.4 is 9.47 Å². The molecule has 7 heteroatoms. The number of benzene rings is 1. The van der Waals surface area contributed by atoms with Gasteiger partial charge in [-0.3, -0.25) is 19.9 Å². The molecule has 94 valence electrons. The average molecular weight is 250 g/mol. The first kappa shape index (κ1) is 12.0. The van der Waals surface area contributed by atoms with Gasteiger partial charge in [0, 0.05) is 11.0 Å². The molecule has 1 aliphatic heterocycles. The Bertz CT molecular complexity index is 500. The molecule has 0 fully saturated rings. The molecule has 0 radical (unpaired) electrons. The van der Waals surface area contributed by atoms with Gasteiger partial charge in [-0.05, 0) is 12.1 Å². The van der Waals surface area contributed by atoms with Crippen molar-refractivity contribution in [1.29, 1.82) is 0 Å². The van der Waals surface area contributed by atoms with Crippen molar-refractivity contribution < 1.29 is 19.2 Å². The van der Waals surface area contributed by atoms with Gasteiger partial charge in [-0.25, -0.2) is 0 Å². The second-order valence-electron chi connectivity index (χ2n) is 3.52. The van der Waals surface area contributed by atoms with E-state index in [2.05, 4.69) is 4.99 Å². The quantitative estimate of drug-likeness (QED) is 0.344. The summed E-state index contributed by atoms with van der Waals surface area (Å²) >= 11 is 0. The smallest absolute Gasteiger partial charge is 0.302 e. The maximum atomic E-state index is 10.4. The van der Waals surface area contributed by atoms with Gasteiger partial charge in [0.25, 0.3) is 0 Å². The Morgan fingerprint density at radius 2 is 2.06 bits per heavy atom. The molecule has 0 N–H and O–H groups in total. The van der Waals surface area contributed by atoms with E-state index in [0.29, 0.717) is 30.4 Å². The summed E-state index contributed by atoms with van der Waals surface area (Å²) in [7, 11) is 0. The second kappa shape index (κ2) is 5.26. The number of nitrogens with zero attached hydrogens (tertiary/aromatic N) is 2. The highest BCUT2D eigenvalue weighted by atomic mass is 16.6. The SMILES string of the molecule is O=C[C@@H](C=Nc1ccc2c(c1)OCCO2)[N+](=O)[O-]. The Kier molecular flexibility index (Phi) is 3.52. The van der Waals surface area contributed by atoms with Crippen LogP contribution in [0.3, 0.4) is 0 Å². The monoisotopic (exact) mass is 250 g/mol. The number of nitro groups is 1. The third kappa shape index (κ3) is 2.62. The van der Waals surface area contributed by atoms with Crippen LogP contribution in [0, 0.1) is 10.1 Å². The molecule has 1 aromatic rings. The lowest BCUT2D eigenvalue weighted by molar-refractivity contribution is -0.485. The van der Waals surface area contributed by atoms with Crippen molar-refractivity contribution in [3.05, 3.63) is 28.3 Å². The molecule has 0 aliphatic carbocycles. The minimum atomic E-state index is -1.43. The van der Waals surface area contributed by atoms with E-state index in [-0.39, 0.29) is 6.29 Å². The first-order valence-electron chi connectivity index (χ1n) is 5.23. The first-order valence-corrected chi connectivity index (χ1v) is 5.23. The molecule has 1 aliphatic rings. The van der Waals surface area contributed by atoms with E-state index in [0.717, 1.165) is 6.21 Å². The molecular formula is C11H10N2O5. The van der Waals surface area contributed by atoms with Gasteiger partial charge in [-0.15, -0.1) is 0 Å². The van der Waals surface area contributed by atoms with Crippen LogP contribution in [0.15, 0.2) is 23.2 Å². The number of aldehydes is 1. The lowest BCUT2D eigenvalue weighted by atomic mass is 10.2. The van der Waals surface area contributed by atoms with E-state index < -0.39 is 11.0 Å². The highest BCUT2D eigenvalue weighted by Crippen LogP contribution is 2.33. The van der Waals surface area contributed by atoms with E-state index in [1.807, 2.05) is 0 Å². The van der Waals surface area contributed by atoms with E-state index in [1.165, 1.54) is 0 Å². The van der Waals surface area contributed by atoms with Gasteiger partial charge in [0.15, 0.2) is 17.8 Å². The van der Waals surface area contributed by atoms with E-state index in [9.17, 15) is 14.9 Å². The van der Waals surface area contributed by atoms with Crippen molar-refractivity contribution in [2.24, 2.45) is 4.99 Å². The number of rotatable bonds is 4. The number of carbonyl (C=O) groups excluding carboxylic acids is 1. The topological polar surface area (TPSA) is 91.0 Å². The summed E-state index contributed by atoms with van der Waals surface area (Å²) in [5.74, 6) is 1.15. The zero-order chi connectivity index (χ0) is 13.0. The summed E-state index contributed by atoms with van der Waals surface area (Å²) in [6.45, 7) is 0.941. The number of aliphatic imine (C=N–C) groups is 1. The molecule has 1 heterocycles. The van der Waals surface area contributed by atoms with Crippen LogP contribution in [0.5, 0.6) is 11.5 Å². The molecule has 0 bridgehead atoms. The minimum absolute atomic E-state index is 0.224. The third-order valence-corrected chi connectivity index (χ3v) is 2.28. The lowest BCUT2D eigenvalue weighted by Gasteiger charge is -2.18. The fourth-order valence-electron chi connectivity index (χ4n) is 1.41. The van der Waals surface area contributed by atoms with Gasteiger partial charge in [0.05, 0.1) is 11.9 Å².